The van der Waals surface area contributed by atoms with Crippen molar-refractivity contribution in [2.24, 2.45) is 0 Å². The topological polar surface area (TPSA) is 0 Å². The van der Waals surface area contributed by atoms with Crippen molar-refractivity contribution in [2.45, 2.75) is 129 Å². The van der Waals surface area contributed by atoms with E-state index in [2.05, 4.69) is 20.3 Å². The van der Waals surface area contributed by atoms with Gasteiger partial charge in [-0.2, -0.15) is 0 Å². The molecule has 0 bridgehead atoms. The van der Waals surface area contributed by atoms with Gasteiger partial charge in [0.05, 0.1) is 0 Å². The quantitative estimate of drug-likeness (QED) is 0.223. The highest BCUT2D eigenvalue weighted by molar-refractivity contribution is 4.64. The average molecular weight is 296 g/mol. The summed E-state index contributed by atoms with van der Waals surface area (Å²) in [6.07, 6.45) is 28.4. The fourth-order valence-corrected chi connectivity index (χ4v) is 2.99. The molecule has 0 atom stereocenters. The van der Waals surface area contributed by atoms with Gasteiger partial charge in [-0.3, -0.25) is 0 Å². The van der Waals surface area contributed by atoms with Crippen LogP contribution in [-0.2, 0) is 0 Å². The molecule has 0 unspecified atom stereocenters. The molecule has 0 spiro atoms. The zero-order valence-corrected chi connectivity index (χ0v) is 15.3. The monoisotopic (exact) mass is 295 g/mol. The van der Waals surface area contributed by atoms with Crippen LogP contribution in [0.15, 0.2) is 0 Å². The van der Waals surface area contributed by atoms with E-state index in [0.717, 1.165) is 0 Å². The molecular weight excluding hydrogens is 252 g/mol. The van der Waals surface area contributed by atoms with Crippen molar-refractivity contribution < 1.29 is 0 Å². The van der Waals surface area contributed by atoms with Crippen molar-refractivity contribution in [3.8, 4) is 0 Å². The van der Waals surface area contributed by atoms with E-state index in [9.17, 15) is 0 Å². The van der Waals surface area contributed by atoms with E-state index < -0.39 is 0 Å². The Morgan fingerprint density at radius 1 is 0.381 bits per heavy atom. The molecule has 0 amide bonds. The van der Waals surface area contributed by atoms with E-state index in [0.29, 0.717) is 0 Å². The van der Waals surface area contributed by atoms with Crippen LogP contribution >= 0.6 is 0 Å². The highest BCUT2D eigenvalue weighted by atomic mass is 14.0. The minimum Gasteiger partial charge on any atom is -0.0654 e. The summed E-state index contributed by atoms with van der Waals surface area (Å²) in [5.41, 5.74) is 0. The van der Waals surface area contributed by atoms with Gasteiger partial charge in [-0.25, -0.2) is 0 Å². The van der Waals surface area contributed by atoms with Crippen LogP contribution < -0.4 is 0 Å². The van der Waals surface area contributed by atoms with Crippen molar-refractivity contribution in [3.63, 3.8) is 0 Å². The zero-order chi connectivity index (χ0) is 15.4. The summed E-state index contributed by atoms with van der Waals surface area (Å²) in [6, 6.07) is 0. The van der Waals surface area contributed by atoms with E-state index >= 15 is 0 Å². The maximum absolute atomic E-state index is 2.52. The molecule has 0 aromatic rings. The minimum atomic E-state index is 1.35. The normalized spacial score (nSPS) is 11.1. The van der Waals surface area contributed by atoms with Crippen molar-refractivity contribution in [1.82, 2.24) is 0 Å². The van der Waals surface area contributed by atoms with Crippen LogP contribution in [0.5, 0.6) is 0 Å². The molecule has 21 heavy (non-hydrogen) atoms. The van der Waals surface area contributed by atoms with Crippen LogP contribution in [0.1, 0.15) is 129 Å². The number of hydrogen-bond donors (Lipinski definition) is 0. The Kier molecular flexibility index (Phi) is 20.0. The second-order valence-corrected chi connectivity index (χ2v) is 6.82. The molecule has 0 nitrogen and oxygen atoms in total. The van der Waals surface area contributed by atoms with E-state index in [1.54, 1.807) is 0 Å². The molecule has 0 heteroatoms. The van der Waals surface area contributed by atoms with Crippen LogP contribution in [-0.4, -0.2) is 0 Å². The van der Waals surface area contributed by atoms with Crippen LogP contribution in [0, 0.1) is 6.42 Å². The molecular formula is C21H43. The summed E-state index contributed by atoms with van der Waals surface area (Å²) in [6.45, 7) is 4.58. The maximum atomic E-state index is 2.52. The van der Waals surface area contributed by atoms with Crippen LogP contribution in [0.2, 0.25) is 0 Å². The molecule has 127 valence electrons. The Morgan fingerprint density at radius 2 is 0.667 bits per heavy atom. The van der Waals surface area contributed by atoms with E-state index in [1.807, 2.05) is 0 Å². The van der Waals surface area contributed by atoms with Crippen molar-refractivity contribution in [1.29, 1.82) is 0 Å². The fourth-order valence-electron chi connectivity index (χ4n) is 2.99. The van der Waals surface area contributed by atoms with Crippen molar-refractivity contribution in [3.05, 3.63) is 6.42 Å². The second kappa shape index (κ2) is 20.0. The van der Waals surface area contributed by atoms with Crippen molar-refractivity contribution >= 4 is 0 Å². The summed E-state index contributed by atoms with van der Waals surface area (Å²) in [4.78, 5) is 0. The molecule has 0 aromatic heterocycles. The minimum absolute atomic E-state index is 1.35. The largest absolute Gasteiger partial charge is 0.0654 e. The maximum Gasteiger partial charge on any atom is -0.0386 e. The first-order valence-electron chi connectivity index (χ1n) is 10.2. The van der Waals surface area contributed by atoms with Gasteiger partial charge < -0.3 is 0 Å². The Hall–Kier alpha value is 0. The lowest BCUT2D eigenvalue weighted by Crippen LogP contribution is -1.84. The molecule has 0 rings (SSSR count). The van der Waals surface area contributed by atoms with Gasteiger partial charge in [0.2, 0.25) is 0 Å². The van der Waals surface area contributed by atoms with Gasteiger partial charge in [-0.05, 0) is 6.42 Å². The Balaban J connectivity index is 2.90. The molecule has 0 aliphatic rings. The van der Waals surface area contributed by atoms with Gasteiger partial charge in [0.25, 0.3) is 0 Å². The fraction of sp³-hybridized carbons (Fsp3) is 0.952. The molecule has 0 fully saturated rings. The predicted octanol–water partition coefficient (Wildman–Crippen LogP) is 8.25. The summed E-state index contributed by atoms with van der Waals surface area (Å²) in [5, 5.41) is 0. The third-order valence-corrected chi connectivity index (χ3v) is 4.52. The summed E-state index contributed by atoms with van der Waals surface area (Å²) in [5.74, 6) is 0. The summed E-state index contributed by atoms with van der Waals surface area (Å²) in [7, 11) is 0. The average Bonchev–Trinajstić information content (AvgIpc) is 2.50. The smallest absolute Gasteiger partial charge is 0.0386 e. The highest BCUT2D eigenvalue weighted by Crippen LogP contribution is 2.14. The molecule has 0 saturated carbocycles. The van der Waals surface area contributed by atoms with Gasteiger partial charge in [0.1, 0.15) is 0 Å². The van der Waals surface area contributed by atoms with E-state index in [-0.39, 0.29) is 0 Å². The molecule has 0 heterocycles. The molecule has 1 radical (unpaired) electrons. The third-order valence-electron chi connectivity index (χ3n) is 4.52. The molecule has 0 aliphatic heterocycles. The lowest BCUT2D eigenvalue weighted by Gasteiger charge is -2.03. The van der Waals surface area contributed by atoms with Gasteiger partial charge in [0, 0.05) is 0 Å². The van der Waals surface area contributed by atoms with E-state index in [1.165, 1.54) is 116 Å². The zero-order valence-electron chi connectivity index (χ0n) is 15.3. The number of unbranched alkanes of at least 4 members (excludes halogenated alkanes) is 18. The predicted molar refractivity (Wildman–Crippen MR) is 98.8 cm³/mol. The van der Waals surface area contributed by atoms with Gasteiger partial charge >= 0.3 is 0 Å². The Morgan fingerprint density at radius 3 is 1.10 bits per heavy atom. The van der Waals surface area contributed by atoms with Gasteiger partial charge in [-0.1, -0.05) is 129 Å². The molecule has 0 N–H and O–H groups in total. The lowest BCUT2D eigenvalue weighted by molar-refractivity contribution is 0.537. The van der Waals surface area contributed by atoms with Crippen LogP contribution in [0.3, 0.4) is 0 Å². The first-order valence-corrected chi connectivity index (χ1v) is 10.2. The Bertz CT molecular complexity index is 143. The van der Waals surface area contributed by atoms with Gasteiger partial charge in [-0.15, -0.1) is 0 Å². The molecule has 0 saturated heterocycles. The summed E-state index contributed by atoms with van der Waals surface area (Å²) >= 11 is 0. The van der Waals surface area contributed by atoms with Gasteiger partial charge in [0.15, 0.2) is 0 Å². The number of hydrogen-bond acceptors (Lipinski definition) is 0. The standard InChI is InChI=1S/C21H43/c1-3-5-7-9-11-13-15-17-19-21-20-18-16-14-12-10-8-6-4-2/h11H,3-10,12-21H2,1-2H3. The van der Waals surface area contributed by atoms with Crippen molar-refractivity contribution in [2.75, 3.05) is 0 Å². The lowest BCUT2D eigenvalue weighted by atomic mass is 10.0. The second-order valence-electron chi connectivity index (χ2n) is 6.82. The van der Waals surface area contributed by atoms with Crippen LogP contribution in [0.4, 0.5) is 0 Å². The van der Waals surface area contributed by atoms with E-state index in [4.69, 9.17) is 0 Å². The summed E-state index contributed by atoms with van der Waals surface area (Å²) < 4.78 is 0. The molecule has 0 aliphatic carbocycles. The first-order chi connectivity index (χ1) is 10.4. The number of rotatable bonds is 18. The van der Waals surface area contributed by atoms with Crippen LogP contribution in [0.25, 0.3) is 0 Å². The third kappa shape index (κ3) is 20.0. The SMILES string of the molecule is CCCCC[CH]CCCCCCCCCCCCCCC. The Labute approximate surface area is 136 Å². The highest BCUT2D eigenvalue weighted by Gasteiger charge is 1.94. The molecule has 0 aromatic carbocycles. The first kappa shape index (κ1) is 21.0.